The zero-order chi connectivity index (χ0) is 17.4. The number of H-pyrrole nitrogens is 1. The zero-order valence-corrected chi connectivity index (χ0v) is 14.6. The lowest BCUT2D eigenvalue weighted by molar-refractivity contribution is -0.154. The number of halogens is 1. The van der Waals surface area contributed by atoms with E-state index in [4.69, 9.17) is 16.3 Å². The minimum Gasteiger partial charge on any atom is -0.459 e. The lowest BCUT2D eigenvalue weighted by Gasteiger charge is -2.19. The maximum atomic E-state index is 12.3. The van der Waals surface area contributed by atoms with E-state index in [1.54, 1.807) is 20.8 Å². The number of fused-ring (bicyclic) bond motifs is 3. The quantitative estimate of drug-likeness (QED) is 0.689. The molecule has 5 heteroatoms. The number of rotatable bonds is 4. The van der Waals surface area contributed by atoms with Crippen LogP contribution >= 0.6 is 11.6 Å². The fourth-order valence-corrected chi connectivity index (χ4v) is 2.85. The van der Waals surface area contributed by atoms with Crippen LogP contribution in [0.15, 0.2) is 36.4 Å². The summed E-state index contributed by atoms with van der Waals surface area (Å²) in [6.45, 7) is 5.09. The van der Waals surface area contributed by atoms with Crippen molar-refractivity contribution in [2.45, 2.75) is 38.9 Å². The van der Waals surface area contributed by atoms with Crippen LogP contribution < -0.4 is 0 Å². The summed E-state index contributed by atoms with van der Waals surface area (Å²) in [5.74, 6) is -0.757. The molecule has 0 aliphatic carbocycles. The fraction of sp³-hybridized carbons (Fsp3) is 0.316. The van der Waals surface area contributed by atoms with Crippen LogP contribution in [0.4, 0.5) is 0 Å². The van der Waals surface area contributed by atoms with Crippen LogP contribution in [0.3, 0.4) is 0 Å². The monoisotopic (exact) mass is 345 g/mol. The summed E-state index contributed by atoms with van der Waals surface area (Å²) >= 11 is 6.08. The molecule has 0 aliphatic rings. The Morgan fingerprint density at radius 2 is 1.83 bits per heavy atom. The van der Waals surface area contributed by atoms with E-state index in [1.165, 1.54) is 0 Å². The molecule has 2 aromatic carbocycles. The van der Waals surface area contributed by atoms with Crippen LogP contribution in [0.1, 0.15) is 32.3 Å². The van der Waals surface area contributed by atoms with Gasteiger partial charge in [-0.3, -0.25) is 4.79 Å². The van der Waals surface area contributed by atoms with Crippen LogP contribution in [0.25, 0.3) is 21.8 Å². The Morgan fingerprint density at radius 1 is 1.08 bits per heavy atom. The first kappa shape index (κ1) is 16.8. The van der Waals surface area contributed by atoms with Crippen LogP contribution in [-0.4, -0.2) is 28.3 Å². The van der Waals surface area contributed by atoms with Gasteiger partial charge in [0.15, 0.2) is 0 Å². The molecule has 3 atom stereocenters. The number of benzene rings is 2. The second-order valence-electron chi connectivity index (χ2n) is 6.22. The Labute approximate surface area is 145 Å². The maximum Gasteiger partial charge on any atom is 0.313 e. The van der Waals surface area contributed by atoms with Crippen molar-refractivity contribution in [1.82, 2.24) is 4.98 Å². The summed E-state index contributed by atoms with van der Waals surface area (Å²) in [6, 6.07) is 11.6. The average molecular weight is 346 g/mol. The highest BCUT2D eigenvalue weighted by Gasteiger charge is 2.22. The normalized spacial score (nSPS) is 15.4. The number of hydrogen-bond donors (Lipinski definition) is 2. The molecular formula is C19H20ClNO3. The van der Waals surface area contributed by atoms with Crippen LogP contribution in [-0.2, 0) is 9.53 Å². The van der Waals surface area contributed by atoms with Crippen molar-refractivity contribution in [3.8, 4) is 0 Å². The first-order chi connectivity index (χ1) is 11.4. The molecule has 24 heavy (non-hydrogen) atoms. The van der Waals surface area contributed by atoms with Gasteiger partial charge in [0, 0.05) is 26.8 Å². The SMILES string of the molecule is CC(C(=O)OC(C)C(C)O)c1ccc2c(c1)[nH]c1ccc(Cl)cc12. The molecule has 4 nitrogen and oxygen atoms in total. The van der Waals surface area contributed by atoms with E-state index in [1.807, 2.05) is 36.4 Å². The van der Waals surface area contributed by atoms with E-state index in [-0.39, 0.29) is 5.97 Å². The van der Waals surface area contributed by atoms with Crippen molar-refractivity contribution < 1.29 is 14.6 Å². The third-order valence-corrected chi connectivity index (χ3v) is 4.65. The number of carbonyl (C=O) groups is 1. The molecule has 0 amide bonds. The van der Waals surface area contributed by atoms with Gasteiger partial charge in [0.25, 0.3) is 0 Å². The predicted molar refractivity (Wildman–Crippen MR) is 96.5 cm³/mol. The van der Waals surface area contributed by atoms with E-state index in [0.29, 0.717) is 5.02 Å². The summed E-state index contributed by atoms with van der Waals surface area (Å²) in [5.41, 5.74) is 2.82. The summed E-state index contributed by atoms with van der Waals surface area (Å²) in [4.78, 5) is 15.6. The van der Waals surface area contributed by atoms with Crippen molar-refractivity contribution in [1.29, 1.82) is 0 Å². The van der Waals surface area contributed by atoms with Crippen molar-refractivity contribution in [2.75, 3.05) is 0 Å². The van der Waals surface area contributed by atoms with Crippen LogP contribution in [0, 0.1) is 0 Å². The van der Waals surface area contributed by atoms with E-state index >= 15 is 0 Å². The first-order valence-electron chi connectivity index (χ1n) is 7.96. The van der Waals surface area contributed by atoms with Crippen molar-refractivity contribution in [2.24, 2.45) is 0 Å². The predicted octanol–water partition coefficient (Wildman–Crippen LogP) is 4.39. The molecular weight excluding hydrogens is 326 g/mol. The highest BCUT2D eigenvalue weighted by Crippen LogP contribution is 2.30. The van der Waals surface area contributed by atoms with Gasteiger partial charge in [0.05, 0.1) is 12.0 Å². The number of aliphatic hydroxyl groups is 1. The summed E-state index contributed by atoms with van der Waals surface area (Å²) in [6.07, 6.45) is -1.22. The van der Waals surface area contributed by atoms with Gasteiger partial charge in [0.1, 0.15) is 6.10 Å². The number of aromatic nitrogens is 1. The Bertz CT molecular complexity index is 900. The van der Waals surface area contributed by atoms with E-state index < -0.39 is 18.1 Å². The van der Waals surface area contributed by atoms with Crippen molar-refractivity contribution >= 4 is 39.4 Å². The standard InChI is InChI=1S/C19H20ClNO3/c1-10(19(23)24-12(3)11(2)22)13-4-6-15-16-9-14(20)5-7-17(16)21-18(15)8-13/h4-12,21-22H,1-3H3. The van der Waals surface area contributed by atoms with E-state index in [9.17, 15) is 9.90 Å². The molecule has 0 spiro atoms. The molecule has 1 aromatic heterocycles. The minimum atomic E-state index is -0.693. The molecule has 0 aliphatic heterocycles. The van der Waals surface area contributed by atoms with Gasteiger partial charge in [-0.15, -0.1) is 0 Å². The van der Waals surface area contributed by atoms with E-state index in [2.05, 4.69) is 4.98 Å². The Hall–Kier alpha value is -2.04. The van der Waals surface area contributed by atoms with Crippen molar-refractivity contribution in [3.05, 3.63) is 47.0 Å². The van der Waals surface area contributed by atoms with Crippen molar-refractivity contribution in [3.63, 3.8) is 0 Å². The number of hydrogen-bond acceptors (Lipinski definition) is 3. The molecule has 2 N–H and O–H groups in total. The zero-order valence-electron chi connectivity index (χ0n) is 13.8. The number of carbonyl (C=O) groups excluding carboxylic acids is 1. The minimum absolute atomic E-state index is 0.345. The molecule has 0 bridgehead atoms. The van der Waals surface area contributed by atoms with Gasteiger partial charge in [0.2, 0.25) is 0 Å². The lowest BCUT2D eigenvalue weighted by atomic mass is 9.99. The van der Waals surface area contributed by atoms with E-state index in [0.717, 1.165) is 27.4 Å². The third kappa shape index (κ3) is 3.12. The number of esters is 1. The summed E-state index contributed by atoms with van der Waals surface area (Å²) in [5, 5.41) is 12.3. The molecule has 3 rings (SSSR count). The van der Waals surface area contributed by atoms with Gasteiger partial charge >= 0.3 is 5.97 Å². The average Bonchev–Trinajstić information content (AvgIpc) is 2.90. The largest absolute Gasteiger partial charge is 0.459 e. The highest BCUT2D eigenvalue weighted by atomic mass is 35.5. The molecule has 0 radical (unpaired) electrons. The van der Waals surface area contributed by atoms with Gasteiger partial charge < -0.3 is 14.8 Å². The van der Waals surface area contributed by atoms with Gasteiger partial charge in [-0.2, -0.15) is 0 Å². The number of ether oxygens (including phenoxy) is 1. The van der Waals surface area contributed by atoms with Gasteiger partial charge in [-0.25, -0.2) is 0 Å². The Kier molecular flexibility index (Phi) is 4.52. The molecule has 0 fully saturated rings. The molecule has 0 saturated carbocycles. The van der Waals surface area contributed by atoms with Crippen LogP contribution in [0.2, 0.25) is 5.02 Å². The van der Waals surface area contributed by atoms with Crippen LogP contribution in [0.5, 0.6) is 0 Å². The topological polar surface area (TPSA) is 62.3 Å². The summed E-state index contributed by atoms with van der Waals surface area (Å²) < 4.78 is 5.30. The third-order valence-electron chi connectivity index (χ3n) is 4.42. The lowest BCUT2D eigenvalue weighted by Crippen LogP contribution is -2.28. The highest BCUT2D eigenvalue weighted by molar-refractivity contribution is 6.31. The molecule has 0 saturated heterocycles. The summed E-state index contributed by atoms with van der Waals surface area (Å²) in [7, 11) is 0. The maximum absolute atomic E-state index is 12.3. The smallest absolute Gasteiger partial charge is 0.313 e. The first-order valence-corrected chi connectivity index (χ1v) is 8.34. The number of nitrogens with one attached hydrogen (secondary N) is 1. The Morgan fingerprint density at radius 3 is 2.54 bits per heavy atom. The molecule has 3 unspecified atom stereocenters. The fourth-order valence-electron chi connectivity index (χ4n) is 2.68. The Balaban J connectivity index is 1.93. The number of aromatic amines is 1. The number of aliphatic hydroxyl groups excluding tert-OH is 1. The van der Waals surface area contributed by atoms with Gasteiger partial charge in [-0.05, 0) is 50.6 Å². The second kappa shape index (κ2) is 6.46. The molecule has 1 heterocycles. The molecule has 3 aromatic rings. The second-order valence-corrected chi connectivity index (χ2v) is 6.66. The van der Waals surface area contributed by atoms with Gasteiger partial charge in [-0.1, -0.05) is 23.7 Å². The molecule has 126 valence electrons.